The van der Waals surface area contributed by atoms with Crippen LogP contribution in [0.4, 0.5) is 0 Å². The molecule has 3 aliphatic rings. The van der Waals surface area contributed by atoms with Crippen LogP contribution in [-0.4, -0.2) is 215 Å². The zero-order chi connectivity index (χ0) is 63.3. The summed E-state index contributed by atoms with van der Waals surface area (Å²) in [6.07, 6.45) is 10.8. The molecule has 23 nitrogen and oxygen atoms in total. The van der Waals surface area contributed by atoms with E-state index in [0.29, 0.717) is 19.3 Å². The Kier molecular flexibility index (Phi) is 40.5. The Morgan fingerprint density at radius 2 is 1.08 bits per heavy atom. The fourth-order valence-electron chi connectivity index (χ4n) is 11.6. The molecular weight excluding hydrogens is 1120 g/mol. The summed E-state index contributed by atoms with van der Waals surface area (Å²) < 4.78 is 34.8. The first kappa shape index (κ1) is 77.7. The number of hydrogen-bond acceptors (Lipinski definition) is 20. The van der Waals surface area contributed by atoms with E-state index < -0.39 is 148 Å². The number of carbonyl (C=O) groups is 3. The first-order valence-electron chi connectivity index (χ1n) is 33.0. The predicted molar refractivity (Wildman–Crippen MR) is 320 cm³/mol. The lowest BCUT2D eigenvalue weighted by atomic mass is 9.88. The van der Waals surface area contributed by atoms with Gasteiger partial charge in [-0.3, -0.25) is 9.59 Å². The van der Waals surface area contributed by atoms with E-state index in [1.165, 1.54) is 128 Å². The normalized spacial score (nSPS) is 29.4. The van der Waals surface area contributed by atoms with Gasteiger partial charge in [0.25, 0.3) is 5.79 Å². The van der Waals surface area contributed by atoms with Gasteiger partial charge in [0.1, 0.15) is 67.1 Å². The predicted octanol–water partition coefficient (Wildman–Crippen LogP) is 4.73. The van der Waals surface area contributed by atoms with Gasteiger partial charge in [0.05, 0.1) is 50.7 Å². The number of unbranched alkanes of at least 4 members (excludes halogenated alkanes) is 27. The molecule has 0 aromatic carbocycles. The van der Waals surface area contributed by atoms with Crippen molar-refractivity contribution in [3.8, 4) is 0 Å². The van der Waals surface area contributed by atoms with Crippen LogP contribution in [0.25, 0.3) is 0 Å². The maximum atomic E-state index is 13.4. The number of hydrogen-bond donors (Lipinski definition) is 14. The summed E-state index contributed by atoms with van der Waals surface area (Å²) in [4.78, 5) is 38.5. The molecule has 2 amide bonds. The van der Waals surface area contributed by atoms with Crippen molar-refractivity contribution in [3.63, 3.8) is 0 Å². The molecule has 0 aliphatic carbocycles. The summed E-state index contributed by atoms with van der Waals surface area (Å²) >= 11 is 0. The number of aliphatic carboxylic acids is 1. The van der Waals surface area contributed by atoms with Gasteiger partial charge in [-0.1, -0.05) is 187 Å². The average Bonchev–Trinajstić information content (AvgIpc) is 1.67. The number of aliphatic hydroxyl groups is 11. The van der Waals surface area contributed by atoms with Crippen LogP contribution in [0.15, 0.2) is 12.2 Å². The minimum Gasteiger partial charge on any atom is -0.477 e. The van der Waals surface area contributed by atoms with Gasteiger partial charge in [-0.15, -0.1) is 0 Å². The highest BCUT2D eigenvalue weighted by Crippen LogP contribution is 2.39. The zero-order valence-corrected chi connectivity index (χ0v) is 52.2. The molecule has 3 rings (SSSR count). The summed E-state index contributed by atoms with van der Waals surface area (Å²) in [6, 6.07) is -2.53. The number of rotatable bonds is 49. The summed E-state index contributed by atoms with van der Waals surface area (Å²) in [5.41, 5.74) is 0. The molecule has 23 heteroatoms. The van der Waals surface area contributed by atoms with E-state index in [0.717, 1.165) is 58.3 Å². The van der Waals surface area contributed by atoms with E-state index in [4.69, 9.17) is 28.4 Å². The van der Waals surface area contributed by atoms with Gasteiger partial charge in [-0.2, -0.15) is 0 Å². The molecule has 3 fully saturated rings. The first-order valence-corrected chi connectivity index (χ1v) is 33.0. The van der Waals surface area contributed by atoms with E-state index in [1.54, 1.807) is 0 Å². The molecule has 14 N–H and O–H groups in total. The van der Waals surface area contributed by atoms with Crippen LogP contribution >= 0.6 is 0 Å². The van der Waals surface area contributed by atoms with Crippen LogP contribution in [0.1, 0.15) is 233 Å². The van der Waals surface area contributed by atoms with Gasteiger partial charge in [0.15, 0.2) is 12.6 Å². The second kappa shape index (κ2) is 44.9. The van der Waals surface area contributed by atoms with Crippen molar-refractivity contribution < 1.29 is 104 Å². The van der Waals surface area contributed by atoms with E-state index in [1.807, 2.05) is 0 Å². The van der Waals surface area contributed by atoms with Crippen molar-refractivity contribution in [2.24, 2.45) is 0 Å². The smallest absolute Gasteiger partial charge is 0.364 e. The molecule has 504 valence electrons. The largest absolute Gasteiger partial charge is 0.477 e. The molecule has 0 spiro atoms. The van der Waals surface area contributed by atoms with Crippen molar-refractivity contribution in [3.05, 3.63) is 12.2 Å². The summed E-state index contributed by atoms with van der Waals surface area (Å²) in [7, 11) is 0. The highest BCUT2D eigenvalue weighted by atomic mass is 16.8. The molecule has 0 bridgehead atoms. The minimum atomic E-state index is -3.08. The van der Waals surface area contributed by atoms with Gasteiger partial charge < -0.3 is 100 Å². The van der Waals surface area contributed by atoms with Gasteiger partial charge in [0.2, 0.25) is 11.8 Å². The second-order valence-corrected chi connectivity index (χ2v) is 24.3. The van der Waals surface area contributed by atoms with Crippen molar-refractivity contribution in [2.45, 2.75) is 342 Å². The number of ether oxygens (including phenoxy) is 6. The lowest BCUT2D eigenvalue weighted by molar-refractivity contribution is -0.386. The molecule has 3 saturated heterocycles. The Labute approximate surface area is 511 Å². The first-order chi connectivity index (χ1) is 41.4. The molecule has 18 unspecified atom stereocenters. The highest BCUT2D eigenvalue weighted by molar-refractivity contribution is 5.77. The molecule has 0 radical (unpaired) electrons. The number of carbonyl (C=O) groups excluding carboxylic acids is 2. The number of carboxylic acids is 1. The molecule has 86 heavy (non-hydrogen) atoms. The van der Waals surface area contributed by atoms with Crippen LogP contribution in [0.2, 0.25) is 0 Å². The van der Waals surface area contributed by atoms with E-state index in [9.17, 15) is 75.7 Å². The van der Waals surface area contributed by atoms with Crippen LogP contribution in [-0.2, 0) is 42.8 Å². The average molecular weight is 1240 g/mol. The maximum absolute atomic E-state index is 13.4. The quantitative estimate of drug-likeness (QED) is 0.0289. The molecule has 3 aliphatic heterocycles. The molecule has 0 saturated carbocycles. The fourth-order valence-corrected chi connectivity index (χ4v) is 11.6. The van der Waals surface area contributed by atoms with Gasteiger partial charge in [-0.25, -0.2) is 4.79 Å². The Morgan fingerprint density at radius 3 is 1.57 bits per heavy atom. The van der Waals surface area contributed by atoms with Gasteiger partial charge >= 0.3 is 5.97 Å². The number of amides is 2. The summed E-state index contributed by atoms with van der Waals surface area (Å²) in [5, 5.41) is 136. The van der Waals surface area contributed by atoms with Crippen molar-refractivity contribution in [2.75, 3.05) is 26.4 Å². The van der Waals surface area contributed by atoms with E-state index in [2.05, 4.69) is 36.6 Å². The Hall–Kier alpha value is -2.53. The zero-order valence-electron chi connectivity index (χ0n) is 52.2. The number of carboxylic acid groups (broad SMARTS) is 1. The molecular formula is C63H116N2O21. The standard InChI is InChI=1S/C63H116N2O21/c1-4-6-8-10-12-14-16-18-19-20-21-22-23-25-26-28-30-32-34-36-45(70)44(65-50(73)37-35-33-31-29-27-24-17-15-13-11-9-7-5-2)42-81-60-55(77)54(76)57(49(41-68)83-60)84-61-56(78)59(53(75)48(40-67)82-61)86-63(62(79)80)38-46(71)51(64-43(3)69)58(85-63)52(74)47(72)39-66/h24,27,44-49,51-61,66-68,70-72,74-78H,4-23,25-26,28-42H2,1-3H3,(H,64,69)(H,65,73)(H,79,80)/b27-24-. The van der Waals surface area contributed by atoms with Crippen molar-refractivity contribution in [1.82, 2.24) is 10.6 Å². The Morgan fingerprint density at radius 1 is 0.593 bits per heavy atom. The van der Waals surface area contributed by atoms with Crippen LogP contribution in [0.3, 0.4) is 0 Å². The van der Waals surface area contributed by atoms with Crippen LogP contribution in [0.5, 0.6) is 0 Å². The molecule has 0 aromatic heterocycles. The second-order valence-electron chi connectivity index (χ2n) is 24.3. The van der Waals surface area contributed by atoms with Crippen molar-refractivity contribution in [1.29, 1.82) is 0 Å². The lowest BCUT2D eigenvalue weighted by Gasteiger charge is -2.50. The van der Waals surface area contributed by atoms with Crippen LogP contribution in [0, 0.1) is 0 Å². The van der Waals surface area contributed by atoms with Crippen molar-refractivity contribution >= 4 is 17.8 Å². The number of allylic oxidation sites excluding steroid dienone is 2. The van der Waals surface area contributed by atoms with Gasteiger partial charge in [0, 0.05) is 19.8 Å². The Balaban J connectivity index is 1.62. The third-order valence-electron chi connectivity index (χ3n) is 17.0. The monoisotopic (exact) mass is 1240 g/mol. The lowest BCUT2D eigenvalue weighted by Crippen LogP contribution is -2.70. The third-order valence-corrected chi connectivity index (χ3v) is 17.0. The molecule has 18 atom stereocenters. The number of nitrogens with one attached hydrogen (secondary N) is 2. The fraction of sp³-hybridized carbons (Fsp3) is 0.921. The molecule has 0 aromatic rings. The molecule has 3 heterocycles. The van der Waals surface area contributed by atoms with E-state index in [-0.39, 0.29) is 18.9 Å². The number of aliphatic hydroxyl groups excluding tert-OH is 11. The highest BCUT2D eigenvalue weighted by Gasteiger charge is 2.60. The minimum absolute atomic E-state index is 0.204. The summed E-state index contributed by atoms with van der Waals surface area (Å²) in [6.45, 7) is 2.17. The van der Waals surface area contributed by atoms with Crippen LogP contribution < -0.4 is 10.6 Å². The SMILES string of the molecule is CCCCCCCC/C=C\CCCCCC(=O)NC(COC1OC(CO)C(OC2OC(CO)C(O)C(OC3(C(=O)O)CC(O)C(NC(C)=O)C(C(O)C(O)CO)O3)C2O)C(O)C1O)C(O)CCCCCCCCCCCCCCCCCCCCC. The Bertz CT molecular complexity index is 1810. The third kappa shape index (κ3) is 27.9. The summed E-state index contributed by atoms with van der Waals surface area (Å²) in [5.74, 6) is -6.12. The topological polar surface area (TPSA) is 373 Å². The van der Waals surface area contributed by atoms with E-state index >= 15 is 0 Å². The van der Waals surface area contributed by atoms with Gasteiger partial charge in [-0.05, 0) is 38.5 Å². The maximum Gasteiger partial charge on any atom is 0.364 e.